The minimum atomic E-state index is -4.41. The third kappa shape index (κ3) is 5.07. The molecule has 1 N–H and O–H groups in total. The molecule has 1 aromatic carbocycles. The highest BCUT2D eigenvalue weighted by atomic mass is 32.2. The molecule has 1 heterocycles. The summed E-state index contributed by atoms with van der Waals surface area (Å²) in [6.45, 7) is 1.37. The van der Waals surface area contributed by atoms with Crippen LogP contribution < -0.4 is 5.32 Å². The number of nitrogens with one attached hydrogen (secondary N) is 1. The Kier molecular flexibility index (Phi) is 5.42. The van der Waals surface area contributed by atoms with E-state index in [1.165, 1.54) is 24.4 Å². The number of nitrogens with zero attached hydrogens (tertiary/aromatic N) is 1. The number of carbonyl (C=O) groups is 2. The largest absolute Gasteiger partial charge is 0.416 e. The minimum absolute atomic E-state index is 0.0592. The smallest absolute Gasteiger partial charge is 0.301 e. The molecule has 9 heteroatoms. The summed E-state index contributed by atoms with van der Waals surface area (Å²) in [5, 5.41) is 4.31. The van der Waals surface area contributed by atoms with Crippen molar-refractivity contribution in [1.29, 1.82) is 0 Å². The number of anilines is 1. The van der Waals surface area contributed by atoms with E-state index in [1.54, 1.807) is 0 Å². The molecule has 4 nitrogen and oxygen atoms in total. The number of halogens is 3. The summed E-state index contributed by atoms with van der Waals surface area (Å²) in [6, 6.07) is 4.77. The summed E-state index contributed by atoms with van der Waals surface area (Å²) in [7, 11) is 0. The van der Waals surface area contributed by atoms with Gasteiger partial charge in [-0.3, -0.25) is 9.59 Å². The summed E-state index contributed by atoms with van der Waals surface area (Å²) in [5.74, 6) is -0.673. The van der Waals surface area contributed by atoms with E-state index >= 15 is 0 Å². The van der Waals surface area contributed by atoms with E-state index in [2.05, 4.69) is 10.3 Å². The summed E-state index contributed by atoms with van der Waals surface area (Å²) >= 11 is 2.10. The number of thiazole rings is 1. The normalized spacial score (nSPS) is 11.3. The van der Waals surface area contributed by atoms with Gasteiger partial charge in [0.2, 0.25) is 5.91 Å². The zero-order valence-corrected chi connectivity index (χ0v) is 13.4. The number of alkyl halides is 3. The number of hydrogen-bond acceptors (Lipinski definition) is 5. The molecule has 1 aromatic heterocycles. The molecule has 0 bridgehead atoms. The quantitative estimate of drug-likeness (QED) is 0.644. The van der Waals surface area contributed by atoms with E-state index in [0.717, 1.165) is 35.2 Å². The van der Waals surface area contributed by atoms with Gasteiger partial charge < -0.3 is 5.32 Å². The molecule has 122 valence electrons. The van der Waals surface area contributed by atoms with Gasteiger partial charge in [-0.2, -0.15) is 13.2 Å². The lowest BCUT2D eigenvalue weighted by atomic mass is 10.2. The predicted octanol–water partition coefficient (Wildman–Crippen LogP) is 4.10. The average Bonchev–Trinajstić information content (AvgIpc) is 2.93. The van der Waals surface area contributed by atoms with Gasteiger partial charge in [-0.15, -0.1) is 23.1 Å². The second kappa shape index (κ2) is 7.14. The highest BCUT2D eigenvalue weighted by Gasteiger charge is 2.30. The SMILES string of the molecule is CC(=O)c1csc(NC(=O)CSc2cccc(C(F)(F)F)c2)n1. The van der Waals surface area contributed by atoms with Gasteiger partial charge in [0.15, 0.2) is 10.9 Å². The molecule has 0 aliphatic rings. The van der Waals surface area contributed by atoms with Crippen molar-refractivity contribution in [3.8, 4) is 0 Å². The lowest BCUT2D eigenvalue weighted by molar-refractivity contribution is -0.137. The van der Waals surface area contributed by atoms with Crippen LogP contribution in [0.5, 0.6) is 0 Å². The number of Topliss-reactive ketones (excluding diaryl/α,β-unsaturated/α-hetero) is 1. The Morgan fingerprint density at radius 2 is 2.09 bits per heavy atom. The van der Waals surface area contributed by atoms with Crippen LogP contribution >= 0.6 is 23.1 Å². The second-order valence-electron chi connectivity index (χ2n) is 4.46. The van der Waals surface area contributed by atoms with Crippen molar-refractivity contribution in [3.05, 3.63) is 40.9 Å². The summed E-state index contributed by atoms with van der Waals surface area (Å²) in [4.78, 5) is 27.2. The van der Waals surface area contributed by atoms with E-state index in [9.17, 15) is 22.8 Å². The monoisotopic (exact) mass is 360 g/mol. The topological polar surface area (TPSA) is 59.1 Å². The minimum Gasteiger partial charge on any atom is -0.301 e. The van der Waals surface area contributed by atoms with Gasteiger partial charge in [0.25, 0.3) is 0 Å². The summed E-state index contributed by atoms with van der Waals surface area (Å²) < 4.78 is 37.8. The van der Waals surface area contributed by atoms with Crippen LogP contribution in [0.3, 0.4) is 0 Å². The molecule has 0 aliphatic carbocycles. The van der Waals surface area contributed by atoms with E-state index < -0.39 is 17.6 Å². The van der Waals surface area contributed by atoms with Gasteiger partial charge in [0, 0.05) is 17.2 Å². The lowest BCUT2D eigenvalue weighted by Gasteiger charge is -2.08. The number of hydrogen-bond donors (Lipinski definition) is 1. The number of benzene rings is 1. The molecule has 0 fully saturated rings. The Balaban J connectivity index is 1.92. The first-order valence-corrected chi connectivity index (χ1v) is 8.18. The van der Waals surface area contributed by atoms with Gasteiger partial charge in [-0.1, -0.05) is 6.07 Å². The fraction of sp³-hybridized carbons (Fsp3) is 0.214. The van der Waals surface area contributed by atoms with Crippen LogP contribution in [0.4, 0.5) is 18.3 Å². The molecule has 0 saturated carbocycles. The van der Waals surface area contributed by atoms with Crippen molar-refractivity contribution in [2.45, 2.75) is 18.0 Å². The first-order valence-electron chi connectivity index (χ1n) is 6.32. The summed E-state index contributed by atoms with van der Waals surface area (Å²) in [6.07, 6.45) is -4.41. The average molecular weight is 360 g/mol. The first-order chi connectivity index (χ1) is 10.8. The Morgan fingerprint density at radius 1 is 1.35 bits per heavy atom. The lowest BCUT2D eigenvalue weighted by Crippen LogP contribution is -2.14. The van der Waals surface area contributed by atoms with Gasteiger partial charge in [-0.25, -0.2) is 4.98 Å². The third-order valence-corrected chi connectivity index (χ3v) is 4.39. The van der Waals surface area contributed by atoms with Gasteiger partial charge in [0.1, 0.15) is 5.69 Å². The third-order valence-electron chi connectivity index (χ3n) is 2.64. The van der Waals surface area contributed by atoms with Crippen molar-refractivity contribution in [3.63, 3.8) is 0 Å². The Labute approximate surface area is 138 Å². The van der Waals surface area contributed by atoms with Crippen molar-refractivity contribution in [2.75, 3.05) is 11.1 Å². The molecule has 23 heavy (non-hydrogen) atoms. The molecular weight excluding hydrogens is 349 g/mol. The second-order valence-corrected chi connectivity index (χ2v) is 6.36. The van der Waals surface area contributed by atoms with Crippen LogP contribution in [-0.2, 0) is 11.0 Å². The highest BCUT2D eigenvalue weighted by Crippen LogP contribution is 2.31. The van der Waals surface area contributed by atoms with Crippen LogP contribution in [0.2, 0.25) is 0 Å². The summed E-state index contributed by atoms with van der Waals surface area (Å²) in [5.41, 5.74) is -0.496. The molecule has 0 radical (unpaired) electrons. The van der Waals surface area contributed by atoms with Gasteiger partial charge in [-0.05, 0) is 18.2 Å². The maximum Gasteiger partial charge on any atom is 0.416 e. The Bertz CT molecular complexity index is 729. The van der Waals surface area contributed by atoms with Crippen LogP contribution in [0.25, 0.3) is 0 Å². The zero-order chi connectivity index (χ0) is 17.0. The van der Waals surface area contributed by atoms with E-state index in [4.69, 9.17) is 0 Å². The maximum atomic E-state index is 12.6. The number of rotatable bonds is 5. The molecule has 2 rings (SSSR count). The number of carbonyl (C=O) groups excluding carboxylic acids is 2. The molecule has 0 aliphatic heterocycles. The zero-order valence-electron chi connectivity index (χ0n) is 11.8. The van der Waals surface area contributed by atoms with Crippen LogP contribution in [0.1, 0.15) is 23.0 Å². The molecule has 0 saturated heterocycles. The Morgan fingerprint density at radius 3 is 2.70 bits per heavy atom. The fourth-order valence-corrected chi connectivity index (χ4v) is 3.08. The Hall–Kier alpha value is -1.87. The fourth-order valence-electron chi connectivity index (χ4n) is 1.56. The number of ketones is 1. The van der Waals surface area contributed by atoms with Crippen LogP contribution in [-0.4, -0.2) is 22.4 Å². The van der Waals surface area contributed by atoms with Crippen molar-refractivity contribution < 1.29 is 22.8 Å². The molecule has 0 atom stereocenters. The van der Waals surface area contributed by atoms with Crippen molar-refractivity contribution >= 4 is 39.9 Å². The number of amides is 1. The highest BCUT2D eigenvalue weighted by molar-refractivity contribution is 8.00. The maximum absolute atomic E-state index is 12.6. The molecular formula is C14H11F3N2O2S2. The van der Waals surface area contributed by atoms with Gasteiger partial charge >= 0.3 is 6.18 Å². The van der Waals surface area contributed by atoms with Crippen molar-refractivity contribution in [1.82, 2.24) is 4.98 Å². The molecule has 0 unspecified atom stereocenters. The molecule has 0 spiro atoms. The van der Waals surface area contributed by atoms with E-state index in [-0.39, 0.29) is 22.4 Å². The van der Waals surface area contributed by atoms with Gasteiger partial charge in [0.05, 0.1) is 11.3 Å². The van der Waals surface area contributed by atoms with E-state index in [0.29, 0.717) is 4.90 Å². The first kappa shape index (κ1) is 17.5. The predicted molar refractivity (Wildman–Crippen MR) is 82.9 cm³/mol. The molecule has 2 aromatic rings. The van der Waals surface area contributed by atoms with Crippen molar-refractivity contribution in [2.24, 2.45) is 0 Å². The number of thioether (sulfide) groups is 1. The number of aromatic nitrogens is 1. The van der Waals surface area contributed by atoms with Crippen LogP contribution in [0.15, 0.2) is 34.5 Å². The van der Waals surface area contributed by atoms with Crippen LogP contribution in [0, 0.1) is 0 Å². The van der Waals surface area contributed by atoms with E-state index in [1.807, 2.05) is 0 Å². The molecule has 1 amide bonds. The standard InChI is InChI=1S/C14H11F3N2O2S2/c1-8(20)11-6-23-13(18-11)19-12(21)7-22-10-4-2-3-9(5-10)14(15,16)17/h2-6H,7H2,1H3,(H,18,19,21).